The van der Waals surface area contributed by atoms with E-state index in [1.165, 1.54) is 21.7 Å². The fourth-order valence-corrected chi connectivity index (χ4v) is 3.43. The fourth-order valence-electron chi connectivity index (χ4n) is 3.43. The maximum absolute atomic E-state index is 5.98. The molecule has 1 heteroatoms. The van der Waals surface area contributed by atoms with Gasteiger partial charge in [0, 0.05) is 10.8 Å². The summed E-state index contributed by atoms with van der Waals surface area (Å²) >= 11 is 0. The number of furan rings is 1. The first kappa shape index (κ1) is 14.1. The highest BCUT2D eigenvalue weighted by Gasteiger charge is 2.05. The summed E-state index contributed by atoms with van der Waals surface area (Å²) in [5.41, 5.74) is 4.23. The van der Waals surface area contributed by atoms with Crippen molar-refractivity contribution >= 4 is 44.9 Å². The number of hydrogen-bond acceptors (Lipinski definition) is 1. The molecule has 4 aromatic carbocycles. The molecule has 1 heterocycles. The molecule has 25 heavy (non-hydrogen) atoms. The van der Waals surface area contributed by atoms with Gasteiger partial charge in [-0.2, -0.15) is 0 Å². The van der Waals surface area contributed by atoms with Crippen molar-refractivity contribution in [2.45, 2.75) is 0 Å². The van der Waals surface area contributed by atoms with E-state index in [0.29, 0.717) is 0 Å². The fraction of sp³-hybridized carbons (Fsp3) is 0. The molecule has 0 N–H and O–H groups in total. The third kappa shape index (κ3) is 2.41. The molecule has 0 saturated carbocycles. The summed E-state index contributed by atoms with van der Waals surface area (Å²) in [6.45, 7) is 0. The van der Waals surface area contributed by atoms with Gasteiger partial charge in [-0.3, -0.25) is 0 Å². The average molecular weight is 320 g/mol. The van der Waals surface area contributed by atoms with Gasteiger partial charge in [0.05, 0.1) is 0 Å². The number of benzene rings is 4. The first-order valence-electron chi connectivity index (χ1n) is 8.46. The van der Waals surface area contributed by atoms with Crippen LogP contribution in [0.25, 0.3) is 44.9 Å². The zero-order valence-electron chi connectivity index (χ0n) is 13.6. The SMILES string of the molecule is C(=C\c1cccc2ccccc12)/c1ccc2c(c1)oc1ccccc12. The van der Waals surface area contributed by atoms with Gasteiger partial charge < -0.3 is 4.42 Å². The quantitative estimate of drug-likeness (QED) is 0.322. The summed E-state index contributed by atoms with van der Waals surface area (Å²) in [7, 11) is 0. The molecule has 118 valence electrons. The van der Waals surface area contributed by atoms with E-state index in [2.05, 4.69) is 78.9 Å². The van der Waals surface area contributed by atoms with Crippen molar-refractivity contribution < 1.29 is 4.42 Å². The molecule has 0 spiro atoms. The lowest BCUT2D eigenvalue weighted by Gasteiger charge is -2.01. The van der Waals surface area contributed by atoms with Crippen molar-refractivity contribution in [2.75, 3.05) is 0 Å². The van der Waals surface area contributed by atoms with Crippen molar-refractivity contribution in [3.8, 4) is 0 Å². The zero-order chi connectivity index (χ0) is 16.6. The molecule has 1 aromatic heterocycles. The highest BCUT2D eigenvalue weighted by atomic mass is 16.3. The molecule has 0 aliphatic rings. The maximum atomic E-state index is 5.98. The van der Waals surface area contributed by atoms with Crippen LogP contribution in [0.4, 0.5) is 0 Å². The van der Waals surface area contributed by atoms with Crippen LogP contribution in [0, 0.1) is 0 Å². The van der Waals surface area contributed by atoms with E-state index in [4.69, 9.17) is 4.42 Å². The number of fused-ring (bicyclic) bond motifs is 4. The van der Waals surface area contributed by atoms with Crippen LogP contribution < -0.4 is 0 Å². The van der Waals surface area contributed by atoms with Crippen molar-refractivity contribution in [2.24, 2.45) is 0 Å². The van der Waals surface area contributed by atoms with Gasteiger partial charge in [-0.25, -0.2) is 0 Å². The lowest BCUT2D eigenvalue weighted by atomic mass is 10.0. The Morgan fingerprint density at radius 3 is 2.28 bits per heavy atom. The molecule has 0 aliphatic heterocycles. The highest BCUT2D eigenvalue weighted by molar-refractivity contribution is 6.05. The van der Waals surface area contributed by atoms with E-state index in [1.807, 2.05) is 18.2 Å². The van der Waals surface area contributed by atoms with Gasteiger partial charge in [0.25, 0.3) is 0 Å². The van der Waals surface area contributed by atoms with Crippen LogP contribution in [0.5, 0.6) is 0 Å². The van der Waals surface area contributed by atoms with Crippen LogP contribution >= 0.6 is 0 Å². The van der Waals surface area contributed by atoms with Gasteiger partial charge in [-0.1, -0.05) is 78.9 Å². The third-order valence-electron chi connectivity index (χ3n) is 4.68. The Labute approximate surface area is 145 Å². The number of rotatable bonds is 2. The van der Waals surface area contributed by atoms with Gasteiger partial charge in [0.15, 0.2) is 0 Å². The normalized spacial score (nSPS) is 11.8. The Balaban J connectivity index is 1.59. The first-order chi connectivity index (χ1) is 12.4. The van der Waals surface area contributed by atoms with Crippen LogP contribution in [0.1, 0.15) is 11.1 Å². The Bertz CT molecular complexity index is 1240. The van der Waals surface area contributed by atoms with Gasteiger partial charge >= 0.3 is 0 Å². The minimum Gasteiger partial charge on any atom is -0.456 e. The molecule has 0 fully saturated rings. The van der Waals surface area contributed by atoms with Crippen molar-refractivity contribution in [3.63, 3.8) is 0 Å². The lowest BCUT2D eigenvalue weighted by Crippen LogP contribution is -1.78. The second-order valence-electron chi connectivity index (χ2n) is 6.26. The standard InChI is InChI=1S/C24H16O/c1-2-9-20-18(6-1)7-5-8-19(20)14-12-17-13-15-22-21-10-3-4-11-23(21)25-24(22)16-17/h1-16H/b14-12+. The lowest BCUT2D eigenvalue weighted by molar-refractivity contribution is 0.669. The topological polar surface area (TPSA) is 13.1 Å². The number of hydrogen-bond donors (Lipinski definition) is 0. The van der Waals surface area contributed by atoms with Gasteiger partial charge in [0.2, 0.25) is 0 Å². The Kier molecular flexibility index (Phi) is 3.17. The van der Waals surface area contributed by atoms with Gasteiger partial charge in [-0.05, 0) is 40.1 Å². The largest absolute Gasteiger partial charge is 0.456 e. The smallest absolute Gasteiger partial charge is 0.136 e. The molecule has 0 unspecified atom stereocenters. The van der Waals surface area contributed by atoms with Crippen LogP contribution in [0.15, 0.2) is 89.3 Å². The molecule has 5 rings (SSSR count). The molecular weight excluding hydrogens is 304 g/mol. The second-order valence-corrected chi connectivity index (χ2v) is 6.26. The molecule has 0 amide bonds. The molecule has 0 atom stereocenters. The van der Waals surface area contributed by atoms with Crippen LogP contribution in [0.2, 0.25) is 0 Å². The number of para-hydroxylation sites is 1. The van der Waals surface area contributed by atoms with E-state index in [1.54, 1.807) is 0 Å². The molecule has 0 saturated heterocycles. The zero-order valence-corrected chi connectivity index (χ0v) is 13.6. The minimum atomic E-state index is 0.932. The molecular formula is C24H16O. The molecule has 0 aliphatic carbocycles. The monoisotopic (exact) mass is 320 g/mol. The highest BCUT2D eigenvalue weighted by Crippen LogP contribution is 2.29. The maximum Gasteiger partial charge on any atom is 0.136 e. The van der Waals surface area contributed by atoms with Gasteiger partial charge in [0.1, 0.15) is 11.2 Å². The molecule has 0 radical (unpaired) electrons. The van der Waals surface area contributed by atoms with E-state index in [-0.39, 0.29) is 0 Å². The van der Waals surface area contributed by atoms with Gasteiger partial charge in [-0.15, -0.1) is 0 Å². The molecule has 5 aromatic rings. The first-order valence-corrected chi connectivity index (χ1v) is 8.46. The van der Waals surface area contributed by atoms with Crippen molar-refractivity contribution in [3.05, 3.63) is 96.1 Å². The van der Waals surface area contributed by atoms with E-state index in [0.717, 1.165) is 22.1 Å². The Hall–Kier alpha value is -3.32. The van der Waals surface area contributed by atoms with Crippen molar-refractivity contribution in [1.29, 1.82) is 0 Å². The molecule has 1 nitrogen and oxygen atoms in total. The van der Waals surface area contributed by atoms with E-state index < -0.39 is 0 Å². The summed E-state index contributed by atoms with van der Waals surface area (Å²) in [6.07, 6.45) is 4.32. The predicted molar refractivity (Wildman–Crippen MR) is 107 cm³/mol. The minimum absolute atomic E-state index is 0.932. The van der Waals surface area contributed by atoms with Crippen LogP contribution in [0.3, 0.4) is 0 Å². The Morgan fingerprint density at radius 1 is 0.560 bits per heavy atom. The van der Waals surface area contributed by atoms with E-state index >= 15 is 0 Å². The van der Waals surface area contributed by atoms with Crippen LogP contribution in [-0.4, -0.2) is 0 Å². The summed E-state index contributed by atoms with van der Waals surface area (Å²) in [5, 5.41) is 4.86. The average Bonchev–Trinajstić information content (AvgIpc) is 3.04. The molecule has 0 bridgehead atoms. The summed E-state index contributed by atoms with van der Waals surface area (Å²) in [6, 6.07) is 29.4. The second kappa shape index (κ2) is 5.64. The summed E-state index contributed by atoms with van der Waals surface area (Å²) in [5.74, 6) is 0. The summed E-state index contributed by atoms with van der Waals surface area (Å²) < 4.78 is 5.98. The Morgan fingerprint density at radius 2 is 1.32 bits per heavy atom. The summed E-state index contributed by atoms with van der Waals surface area (Å²) in [4.78, 5) is 0. The predicted octanol–water partition coefficient (Wildman–Crippen LogP) is 6.91. The van der Waals surface area contributed by atoms with E-state index in [9.17, 15) is 0 Å². The third-order valence-corrected chi connectivity index (χ3v) is 4.68. The van der Waals surface area contributed by atoms with Crippen LogP contribution in [-0.2, 0) is 0 Å². The van der Waals surface area contributed by atoms with Crippen molar-refractivity contribution in [1.82, 2.24) is 0 Å².